The molecule has 1 aromatic heterocycles. The molecule has 2 rings (SSSR count). The standard InChI is InChI=1S/C12H13BrFN3/c1-17-5-4-16-12(17)8-15-7-9-6-10(13)2-3-11(9)14/h2-6,15H,7-8H2,1H3. The molecule has 0 amide bonds. The van der Waals surface area contributed by atoms with Crippen LogP contribution >= 0.6 is 15.9 Å². The third-order valence-corrected chi connectivity index (χ3v) is 3.02. The number of aromatic nitrogens is 2. The largest absolute Gasteiger partial charge is 0.337 e. The molecule has 1 heterocycles. The third-order valence-electron chi connectivity index (χ3n) is 2.53. The van der Waals surface area contributed by atoms with E-state index in [1.807, 2.05) is 17.8 Å². The highest BCUT2D eigenvalue weighted by atomic mass is 79.9. The Hall–Kier alpha value is -1.20. The number of imidazole rings is 1. The molecular formula is C12H13BrFN3. The lowest BCUT2D eigenvalue weighted by Crippen LogP contribution is -2.16. The van der Waals surface area contributed by atoms with Gasteiger partial charge in [0.25, 0.3) is 0 Å². The van der Waals surface area contributed by atoms with Gasteiger partial charge < -0.3 is 9.88 Å². The van der Waals surface area contributed by atoms with Gasteiger partial charge in [0, 0.05) is 36.0 Å². The van der Waals surface area contributed by atoms with Crippen LogP contribution in [0, 0.1) is 5.82 Å². The highest BCUT2D eigenvalue weighted by Gasteiger charge is 2.03. The van der Waals surface area contributed by atoms with E-state index in [2.05, 4.69) is 26.2 Å². The molecule has 0 fully saturated rings. The van der Waals surface area contributed by atoms with Gasteiger partial charge in [0.2, 0.25) is 0 Å². The molecule has 17 heavy (non-hydrogen) atoms. The van der Waals surface area contributed by atoms with Crippen LogP contribution in [0.3, 0.4) is 0 Å². The average molecular weight is 298 g/mol. The van der Waals surface area contributed by atoms with Crippen LogP contribution in [0.1, 0.15) is 11.4 Å². The molecular weight excluding hydrogens is 285 g/mol. The Kier molecular flexibility index (Phi) is 3.91. The van der Waals surface area contributed by atoms with E-state index in [9.17, 15) is 4.39 Å². The van der Waals surface area contributed by atoms with Crippen LogP contribution in [-0.4, -0.2) is 9.55 Å². The third kappa shape index (κ3) is 3.14. The topological polar surface area (TPSA) is 29.9 Å². The number of nitrogens with zero attached hydrogens (tertiary/aromatic N) is 2. The summed E-state index contributed by atoms with van der Waals surface area (Å²) in [5.41, 5.74) is 0.647. The number of halogens is 2. The van der Waals surface area contributed by atoms with Crippen LogP contribution in [0.5, 0.6) is 0 Å². The minimum Gasteiger partial charge on any atom is -0.337 e. The normalized spacial score (nSPS) is 10.8. The molecule has 5 heteroatoms. The van der Waals surface area contributed by atoms with Gasteiger partial charge in [0.05, 0.1) is 6.54 Å². The monoisotopic (exact) mass is 297 g/mol. The van der Waals surface area contributed by atoms with Crippen molar-refractivity contribution in [2.45, 2.75) is 13.1 Å². The van der Waals surface area contributed by atoms with Crippen molar-refractivity contribution in [3.05, 3.63) is 52.3 Å². The first-order valence-corrected chi connectivity index (χ1v) is 6.07. The fourth-order valence-corrected chi connectivity index (χ4v) is 1.96. The predicted molar refractivity (Wildman–Crippen MR) is 67.9 cm³/mol. The number of hydrogen-bond acceptors (Lipinski definition) is 2. The summed E-state index contributed by atoms with van der Waals surface area (Å²) >= 11 is 3.33. The molecule has 0 aliphatic rings. The fourth-order valence-electron chi connectivity index (χ4n) is 1.55. The van der Waals surface area contributed by atoms with E-state index in [4.69, 9.17) is 0 Å². The van der Waals surface area contributed by atoms with Gasteiger partial charge in [-0.15, -0.1) is 0 Å². The first-order valence-electron chi connectivity index (χ1n) is 5.27. The summed E-state index contributed by atoms with van der Waals surface area (Å²) in [7, 11) is 1.93. The minimum atomic E-state index is -0.194. The summed E-state index contributed by atoms with van der Waals surface area (Å²) in [6, 6.07) is 4.93. The zero-order chi connectivity index (χ0) is 12.3. The SMILES string of the molecule is Cn1ccnc1CNCc1cc(Br)ccc1F. The summed E-state index contributed by atoms with van der Waals surface area (Å²) < 4.78 is 16.2. The molecule has 0 bridgehead atoms. The second-order valence-corrected chi connectivity index (χ2v) is 4.71. The first kappa shape index (κ1) is 12.3. The van der Waals surface area contributed by atoms with Crippen LogP contribution in [0.25, 0.3) is 0 Å². The predicted octanol–water partition coefficient (Wildman–Crippen LogP) is 2.61. The van der Waals surface area contributed by atoms with Crippen molar-refractivity contribution in [1.82, 2.24) is 14.9 Å². The van der Waals surface area contributed by atoms with Gasteiger partial charge in [-0.25, -0.2) is 9.37 Å². The van der Waals surface area contributed by atoms with Crippen LogP contribution < -0.4 is 5.32 Å². The molecule has 1 N–H and O–H groups in total. The van der Waals surface area contributed by atoms with Crippen LogP contribution in [0.2, 0.25) is 0 Å². The average Bonchev–Trinajstić information content (AvgIpc) is 2.70. The van der Waals surface area contributed by atoms with Crippen molar-refractivity contribution in [2.75, 3.05) is 0 Å². The van der Waals surface area contributed by atoms with Gasteiger partial charge in [-0.3, -0.25) is 0 Å². The molecule has 0 radical (unpaired) electrons. The summed E-state index contributed by atoms with van der Waals surface area (Å²) in [5.74, 6) is 0.737. The van der Waals surface area contributed by atoms with E-state index in [0.29, 0.717) is 18.7 Å². The molecule has 0 saturated heterocycles. The number of hydrogen-bond donors (Lipinski definition) is 1. The van der Waals surface area contributed by atoms with Gasteiger partial charge in [0.1, 0.15) is 11.6 Å². The Morgan fingerprint density at radius 2 is 2.24 bits per heavy atom. The molecule has 2 aromatic rings. The van der Waals surface area contributed by atoms with Gasteiger partial charge in [-0.2, -0.15) is 0 Å². The maximum Gasteiger partial charge on any atom is 0.127 e. The Balaban J connectivity index is 1.94. The Bertz CT molecular complexity index is 510. The molecule has 0 spiro atoms. The number of nitrogens with one attached hydrogen (secondary N) is 1. The maximum atomic E-state index is 13.4. The van der Waals surface area contributed by atoms with E-state index < -0.39 is 0 Å². The second kappa shape index (κ2) is 5.42. The number of benzene rings is 1. The van der Waals surface area contributed by atoms with Gasteiger partial charge in [0.15, 0.2) is 0 Å². The minimum absolute atomic E-state index is 0.194. The van der Waals surface area contributed by atoms with Crippen LogP contribution in [-0.2, 0) is 20.1 Å². The molecule has 1 aromatic carbocycles. The maximum absolute atomic E-state index is 13.4. The van der Waals surface area contributed by atoms with Crippen molar-refractivity contribution < 1.29 is 4.39 Å². The highest BCUT2D eigenvalue weighted by Crippen LogP contribution is 2.15. The number of rotatable bonds is 4. The second-order valence-electron chi connectivity index (χ2n) is 3.79. The molecule has 90 valence electrons. The summed E-state index contributed by atoms with van der Waals surface area (Å²) in [6.07, 6.45) is 3.63. The lowest BCUT2D eigenvalue weighted by atomic mass is 10.2. The Morgan fingerprint density at radius 3 is 2.94 bits per heavy atom. The van der Waals surface area contributed by atoms with E-state index in [1.54, 1.807) is 18.3 Å². The van der Waals surface area contributed by atoms with E-state index in [-0.39, 0.29) is 5.82 Å². The summed E-state index contributed by atoms with van der Waals surface area (Å²) in [5, 5.41) is 3.17. The van der Waals surface area contributed by atoms with Gasteiger partial charge in [-0.1, -0.05) is 15.9 Å². The van der Waals surface area contributed by atoms with Crippen LogP contribution in [0.15, 0.2) is 35.1 Å². The molecule has 0 aliphatic carbocycles. The Labute approximate surface area is 108 Å². The van der Waals surface area contributed by atoms with Crippen molar-refractivity contribution in [3.63, 3.8) is 0 Å². The zero-order valence-corrected chi connectivity index (χ0v) is 11.0. The summed E-state index contributed by atoms with van der Waals surface area (Å²) in [6.45, 7) is 1.10. The van der Waals surface area contributed by atoms with E-state index in [1.165, 1.54) is 6.07 Å². The fraction of sp³-hybridized carbons (Fsp3) is 0.250. The van der Waals surface area contributed by atoms with Crippen molar-refractivity contribution in [1.29, 1.82) is 0 Å². The van der Waals surface area contributed by atoms with Gasteiger partial charge in [-0.05, 0) is 18.2 Å². The van der Waals surface area contributed by atoms with Crippen molar-refractivity contribution >= 4 is 15.9 Å². The summed E-state index contributed by atoms with van der Waals surface area (Å²) in [4.78, 5) is 4.18. The smallest absolute Gasteiger partial charge is 0.127 e. The lowest BCUT2D eigenvalue weighted by molar-refractivity contribution is 0.577. The van der Waals surface area contributed by atoms with Crippen molar-refractivity contribution in [2.24, 2.45) is 7.05 Å². The zero-order valence-electron chi connectivity index (χ0n) is 9.45. The molecule has 0 atom stereocenters. The highest BCUT2D eigenvalue weighted by molar-refractivity contribution is 9.10. The van der Waals surface area contributed by atoms with Crippen LogP contribution in [0.4, 0.5) is 4.39 Å². The Morgan fingerprint density at radius 1 is 1.41 bits per heavy atom. The first-order chi connectivity index (χ1) is 8.16. The van der Waals surface area contributed by atoms with Gasteiger partial charge >= 0.3 is 0 Å². The number of aryl methyl sites for hydroxylation is 1. The van der Waals surface area contributed by atoms with E-state index >= 15 is 0 Å². The molecule has 0 saturated carbocycles. The quantitative estimate of drug-likeness (QED) is 0.940. The van der Waals surface area contributed by atoms with E-state index in [0.717, 1.165) is 10.3 Å². The molecule has 0 unspecified atom stereocenters. The molecule has 3 nitrogen and oxygen atoms in total. The molecule has 0 aliphatic heterocycles. The lowest BCUT2D eigenvalue weighted by Gasteiger charge is -2.06. The van der Waals surface area contributed by atoms with Crippen molar-refractivity contribution in [3.8, 4) is 0 Å².